The van der Waals surface area contributed by atoms with Gasteiger partial charge < -0.3 is 16.4 Å². The predicted molar refractivity (Wildman–Crippen MR) is 77.2 cm³/mol. The highest BCUT2D eigenvalue weighted by Gasteiger charge is 2.15. The molecule has 0 fully saturated rings. The summed E-state index contributed by atoms with van der Waals surface area (Å²) in [6.45, 7) is 2.92. The first-order chi connectivity index (χ1) is 8.65. The molecule has 1 aromatic carbocycles. The molecule has 5 heteroatoms. The van der Waals surface area contributed by atoms with Gasteiger partial charge in [-0.1, -0.05) is 0 Å². The van der Waals surface area contributed by atoms with E-state index in [1.807, 2.05) is 19.1 Å². The van der Waals surface area contributed by atoms with Crippen molar-refractivity contribution in [2.45, 2.75) is 30.7 Å². The summed E-state index contributed by atoms with van der Waals surface area (Å²) in [6, 6.07) is 6.35. The van der Waals surface area contributed by atoms with Gasteiger partial charge in [0.1, 0.15) is 0 Å². The predicted octanol–water partition coefficient (Wildman–Crippen LogP) is 2.27. The van der Waals surface area contributed by atoms with Crippen LogP contribution in [0.2, 0.25) is 0 Å². The van der Waals surface area contributed by atoms with E-state index in [9.17, 15) is 4.79 Å². The number of anilines is 2. The summed E-state index contributed by atoms with van der Waals surface area (Å²) in [5.74, 6) is 0.579. The molecule has 0 saturated carbocycles. The van der Waals surface area contributed by atoms with Crippen LogP contribution in [0.4, 0.5) is 11.4 Å². The van der Waals surface area contributed by atoms with E-state index in [0.29, 0.717) is 5.75 Å². The van der Waals surface area contributed by atoms with E-state index in [-0.39, 0.29) is 11.9 Å². The maximum absolute atomic E-state index is 11.3. The third-order valence-electron chi connectivity index (χ3n) is 2.78. The van der Waals surface area contributed by atoms with Crippen molar-refractivity contribution in [1.29, 1.82) is 0 Å². The molecule has 0 spiro atoms. The first kappa shape index (κ1) is 13.2. The summed E-state index contributed by atoms with van der Waals surface area (Å²) >= 11 is 1.58. The van der Waals surface area contributed by atoms with Crippen molar-refractivity contribution in [3.63, 3.8) is 0 Å². The van der Waals surface area contributed by atoms with Crippen LogP contribution < -0.4 is 16.4 Å². The van der Waals surface area contributed by atoms with Gasteiger partial charge in [0.05, 0.1) is 11.4 Å². The van der Waals surface area contributed by atoms with Gasteiger partial charge in [-0.25, -0.2) is 0 Å². The Hall–Kier alpha value is -1.20. The Morgan fingerprint density at radius 3 is 3.17 bits per heavy atom. The number of benzene rings is 1. The maximum Gasteiger partial charge on any atom is 0.234 e. The molecule has 4 N–H and O–H groups in total. The molecular weight excluding hydrogens is 246 g/mol. The van der Waals surface area contributed by atoms with Crippen LogP contribution in [0.3, 0.4) is 0 Å². The third kappa shape index (κ3) is 3.65. The number of carbonyl (C=O) groups excluding carboxylic acids is 1. The van der Waals surface area contributed by atoms with Crippen LogP contribution in [0, 0.1) is 0 Å². The minimum atomic E-state index is 0.0709. The van der Waals surface area contributed by atoms with Crippen LogP contribution in [0.1, 0.15) is 19.8 Å². The van der Waals surface area contributed by atoms with Crippen LogP contribution >= 0.6 is 11.8 Å². The summed E-state index contributed by atoms with van der Waals surface area (Å²) in [5.41, 5.74) is 7.65. The first-order valence-electron chi connectivity index (χ1n) is 6.21. The highest BCUT2D eigenvalue weighted by atomic mass is 32.2. The van der Waals surface area contributed by atoms with Crippen molar-refractivity contribution in [2.24, 2.45) is 5.73 Å². The number of amides is 1. The minimum absolute atomic E-state index is 0.0709. The molecule has 1 aromatic rings. The molecule has 1 amide bonds. The Morgan fingerprint density at radius 1 is 1.56 bits per heavy atom. The van der Waals surface area contributed by atoms with Crippen molar-refractivity contribution in [3.05, 3.63) is 18.2 Å². The van der Waals surface area contributed by atoms with E-state index in [0.717, 1.165) is 35.7 Å². The van der Waals surface area contributed by atoms with E-state index < -0.39 is 0 Å². The maximum atomic E-state index is 11.3. The molecular formula is C13H19N3OS. The zero-order valence-corrected chi connectivity index (χ0v) is 11.3. The van der Waals surface area contributed by atoms with Crippen molar-refractivity contribution < 1.29 is 4.79 Å². The molecule has 98 valence electrons. The average molecular weight is 265 g/mol. The molecule has 2 rings (SSSR count). The van der Waals surface area contributed by atoms with Gasteiger partial charge >= 0.3 is 0 Å². The monoisotopic (exact) mass is 265 g/mol. The largest absolute Gasteiger partial charge is 0.385 e. The number of fused-ring (bicyclic) bond motifs is 1. The summed E-state index contributed by atoms with van der Waals surface area (Å²) in [7, 11) is 0. The summed E-state index contributed by atoms with van der Waals surface area (Å²) in [5, 5.41) is 6.24. The van der Waals surface area contributed by atoms with Gasteiger partial charge in [-0.2, -0.15) is 0 Å². The van der Waals surface area contributed by atoms with Gasteiger partial charge in [0.25, 0.3) is 0 Å². The lowest BCUT2D eigenvalue weighted by Crippen LogP contribution is -2.19. The van der Waals surface area contributed by atoms with Crippen molar-refractivity contribution in [1.82, 2.24) is 0 Å². The van der Waals surface area contributed by atoms with Crippen molar-refractivity contribution >= 4 is 29.0 Å². The number of hydrogen-bond acceptors (Lipinski definition) is 4. The topological polar surface area (TPSA) is 67.2 Å². The molecule has 1 heterocycles. The van der Waals surface area contributed by atoms with E-state index in [1.54, 1.807) is 11.8 Å². The molecule has 0 aliphatic carbocycles. The average Bonchev–Trinajstić information content (AvgIpc) is 2.34. The van der Waals surface area contributed by atoms with Gasteiger partial charge in [0, 0.05) is 23.2 Å². The van der Waals surface area contributed by atoms with Crippen molar-refractivity contribution in [3.8, 4) is 0 Å². The number of carbonyl (C=O) groups is 1. The van der Waals surface area contributed by atoms with Crippen LogP contribution in [0.5, 0.6) is 0 Å². The van der Waals surface area contributed by atoms with E-state index in [4.69, 9.17) is 5.73 Å². The van der Waals surface area contributed by atoms with Crippen LogP contribution in [0.15, 0.2) is 23.1 Å². The fourth-order valence-corrected chi connectivity index (χ4v) is 2.64. The molecule has 18 heavy (non-hydrogen) atoms. The number of hydrogen-bond donors (Lipinski definition) is 3. The van der Waals surface area contributed by atoms with Gasteiger partial charge in [-0.3, -0.25) is 4.79 Å². The van der Waals surface area contributed by atoms with E-state index >= 15 is 0 Å². The Balaban J connectivity index is 1.90. The third-order valence-corrected chi connectivity index (χ3v) is 3.85. The Bertz CT molecular complexity index is 434. The molecule has 0 radical (unpaired) electrons. The lowest BCUT2D eigenvalue weighted by atomic mass is 10.2. The Morgan fingerprint density at radius 2 is 2.39 bits per heavy atom. The molecule has 1 unspecified atom stereocenters. The van der Waals surface area contributed by atoms with Crippen LogP contribution in [-0.4, -0.2) is 24.2 Å². The summed E-state index contributed by atoms with van der Waals surface area (Å²) in [4.78, 5) is 12.4. The fourth-order valence-electron chi connectivity index (χ4n) is 1.85. The smallest absolute Gasteiger partial charge is 0.234 e. The second-order valence-corrected chi connectivity index (χ2v) is 5.61. The molecule has 4 nitrogen and oxygen atoms in total. The lowest BCUT2D eigenvalue weighted by Gasteiger charge is -2.17. The van der Waals surface area contributed by atoms with E-state index in [1.165, 1.54) is 0 Å². The normalized spacial score (nSPS) is 15.8. The summed E-state index contributed by atoms with van der Waals surface area (Å²) in [6.07, 6.45) is 2.07. The molecule has 1 aliphatic heterocycles. The SMILES string of the molecule is CC(N)CCCNc1ccc2c(c1)NC(=O)CS2. The molecule has 0 bridgehead atoms. The van der Waals surface area contributed by atoms with Gasteiger partial charge in [-0.15, -0.1) is 11.8 Å². The van der Waals surface area contributed by atoms with Crippen molar-refractivity contribution in [2.75, 3.05) is 22.9 Å². The van der Waals surface area contributed by atoms with Crippen LogP contribution in [-0.2, 0) is 4.79 Å². The Kier molecular flexibility index (Phi) is 4.49. The van der Waals surface area contributed by atoms with Gasteiger partial charge in [-0.05, 0) is 38.0 Å². The van der Waals surface area contributed by atoms with E-state index in [2.05, 4.69) is 16.7 Å². The number of nitrogens with two attached hydrogens (primary N) is 1. The number of rotatable bonds is 5. The molecule has 1 atom stereocenters. The highest BCUT2D eigenvalue weighted by Crippen LogP contribution is 2.33. The Labute approximate surface area is 112 Å². The van der Waals surface area contributed by atoms with Gasteiger partial charge in [0.2, 0.25) is 5.91 Å². The lowest BCUT2D eigenvalue weighted by molar-refractivity contribution is -0.113. The zero-order valence-electron chi connectivity index (χ0n) is 10.5. The standard InChI is InChI=1S/C13H19N3OS/c1-9(14)3-2-6-15-10-4-5-12-11(7-10)16-13(17)8-18-12/h4-5,7,9,15H,2-3,6,8,14H2,1H3,(H,16,17). The molecule has 1 aliphatic rings. The zero-order chi connectivity index (χ0) is 13.0. The quantitative estimate of drug-likeness (QED) is 0.714. The van der Waals surface area contributed by atoms with Gasteiger partial charge in [0.15, 0.2) is 0 Å². The number of nitrogens with one attached hydrogen (secondary N) is 2. The minimum Gasteiger partial charge on any atom is -0.385 e. The number of thioether (sulfide) groups is 1. The molecule has 0 saturated heterocycles. The molecule has 0 aromatic heterocycles. The fraction of sp³-hybridized carbons (Fsp3) is 0.462. The second kappa shape index (κ2) is 6.11. The second-order valence-electron chi connectivity index (χ2n) is 4.59. The van der Waals surface area contributed by atoms with Crippen LogP contribution in [0.25, 0.3) is 0 Å². The summed E-state index contributed by atoms with van der Waals surface area (Å²) < 4.78 is 0. The first-order valence-corrected chi connectivity index (χ1v) is 7.20. The highest BCUT2D eigenvalue weighted by molar-refractivity contribution is 8.00.